The summed E-state index contributed by atoms with van der Waals surface area (Å²) in [7, 11) is 0. The maximum absolute atomic E-state index is 11.8. The molecule has 1 saturated heterocycles. The Morgan fingerprint density at radius 2 is 2.50 bits per heavy atom. The predicted molar refractivity (Wildman–Crippen MR) is 53.4 cm³/mol. The van der Waals surface area contributed by atoms with Crippen LogP contribution in [0.15, 0.2) is 12.7 Å². The van der Waals surface area contributed by atoms with Crippen molar-refractivity contribution in [3.05, 3.63) is 12.7 Å². The van der Waals surface area contributed by atoms with Crippen LogP contribution in [0.5, 0.6) is 0 Å². The third kappa shape index (κ3) is 2.56. The predicted octanol–water partition coefficient (Wildman–Crippen LogP) is -1.50. The van der Waals surface area contributed by atoms with Crippen LogP contribution in [0.1, 0.15) is 0 Å². The van der Waals surface area contributed by atoms with Crippen molar-refractivity contribution in [1.82, 2.24) is 19.7 Å². The molecule has 1 amide bonds. The number of aliphatic hydroxyl groups is 1. The van der Waals surface area contributed by atoms with Crippen LogP contribution in [-0.4, -0.2) is 63.1 Å². The van der Waals surface area contributed by atoms with E-state index >= 15 is 0 Å². The third-order valence-electron chi connectivity index (χ3n) is 2.46. The number of aromatic nitrogens is 3. The molecule has 16 heavy (non-hydrogen) atoms. The Kier molecular flexibility index (Phi) is 3.47. The van der Waals surface area contributed by atoms with E-state index in [-0.39, 0.29) is 25.2 Å². The molecular weight excluding hydrogens is 212 g/mol. The molecular formula is C9H14N4O3. The number of amides is 1. The Morgan fingerprint density at radius 3 is 3.19 bits per heavy atom. The van der Waals surface area contributed by atoms with Gasteiger partial charge < -0.3 is 14.7 Å². The summed E-state index contributed by atoms with van der Waals surface area (Å²) in [4.78, 5) is 17.3. The van der Waals surface area contributed by atoms with E-state index in [1.165, 1.54) is 17.3 Å². The Morgan fingerprint density at radius 1 is 1.62 bits per heavy atom. The maximum atomic E-state index is 11.8. The van der Waals surface area contributed by atoms with Gasteiger partial charge in [-0.2, -0.15) is 5.10 Å². The third-order valence-corrected chi connectivity index (χ3v) is 2.46. The van der Waals surface area contributed by atoms with Gasteiger partial charge in [0.25, 0.3) is 0 Å². The van der Waals surface area contributed by atoms with Crippen LogP contribution in [0.4, 0.5) is 0 Å². The lowest BCUT2D eigenvalue weighted by Gasteiger charge is -2.31. The molecule has 7 nitrogen and oxygen atoms in total. The highest BCUT2D eigenvalue weighted by molar-refractivity contribution is 5.76. The van der Waals surface area contributed by atoms with E-state index in [1.807, 2.05) is 0 Å². The molecule has 0 aromatic carbocycles. The minimum Gasteiger partial charge on any atom is -0.394 e. The molecule has 1 aliphatic rings. The van der Waals surface area contributed by atoms with Crippen molar-refractivity contribution >= 4 is 5.91 Å². The summed E-state index contributed by atoms with van der Waals surface area (Å²) in [6, 6.07) is 0. The molecule has 1 aromatic rings. The second-order valence-electron chi connectivity index (χ2n) is 3.61. The zero-order valence-electron chi connectivity index (χ0n) is 8.82. The zero-order chi connectivity index (χ0) is 11.4. The van der Waals surface area contributed by atoms with Crippen molar-refractivity contribution < 1.29 is 14.6 Å². The van der Waals surface area contributed by atoms with E-state index in [0.29, 0.717) is 19.7 Å². The van der Waals surface area contributed by atoms with E-state index in [9.17, 15) is 4.79 Å². The smallest absolute Gasteiger partial charge is 0.244 e. The first kappa shape index (κ1) is 11.0. The molecule has 0 spiro atoms. The van der Waals surface area contributed by atoms with Crippen LogP contribution >= 0.6 is 0 Å². The zero-order valence-corrected chi connectivity index (χ0v) is 8.82. The number of ether oxygens (including phenoxy) is 1. The van der Waals surface area contributed by atoms with Gasteiger partial charge in [-0.3, -0.25) is 4.79 Å². The summed E-state index contributed by atoms with van der Waals surface area (Å²) < 4.78 is 6.74. The first-order valence-electron chi connectivity index (χ1n) is 5.12. The van der Waals surface area contributed by atoms with E-state index < -0.39 is 0 Å². The van der Waals surface area contributed by atoms with Crippen molar-refractivity contribution in [2.75, 3.05) is 26.3 Å². The fourth-order valence-electron chi connectivity index (χ4n) is 1.61. The lowest BCUT2D eigenvalue weighted by molar-refractivity contribution is -0.141. The summed E-state index contributed by atoms with van der Waals surface area (Å²) >= 11 is 0. The summed E-state index contributed by atoms with van der Waals surface area (Å²) in [6.07, 6.45) is 2.62. The van der Waals surface area contributed by atoms with Crippen LogP contribution in [0.3, 0.4) is 0 Å². The Balaban J connectivity index is 1.89. The minimum atomic E-state index is -0.270. The fourth-order valence-corrected chi connectivity index (χ4v) is 1.61. The standard InChI is InChI=1S/C9H14N4O3/c14-5-8-3-12(1-2-16-8)9(15)4-13-7-10-6-11-13/h6-8,14H,1-5H2. The molecule has 1 atom stereocenters. The summed E-state index contributed by atoms with van der Waals surface area (Å²) in [5, 5.41) is 12.8. The molecule has 1 aromatic heterocycles. The molecule has 1 N–H and O–H groups in total. The number of carbonyl (C=O) groups is 1. The van der Waals surface area contributed by atoms with Gasteiger partial charge in [0.2, 0.25) is 5.91 Å². The molecule has 2 rings (SSSR count). The molecule has 0 saturated carbocycles. The highest BCUT2D eigenvalue weighted by atomic mass is 16.5. The maximum Gasteiger partial charge on any atom is 0.244 e. The van der Waals surface area contributed by atoms with Gasteiger partial charge >= 0.3 is 0 Å². The Bertz CT molecular complexity index is 341. The normalized spacial score (nSPS) is 21.1. The van der Waals surface area contributed by atoms with Crippen LogP contribution in [-0.2, 0) is 16.1 Å². The van der Waals surface area contributed by atoms with Gasteiger partial charge in [0, 0.05) is 13.1 Å². The van der Waals surface area contributed by atoms with Crippen LogP contribution in [0, 0.1) is 0 Å². The van der Waals surface area contributed by atoms with Crippen LogP contribution in [0.2, 0.25) is 0 Å². The van der Waals surface area contributed by atoms with Crippen molar-refractivity contribution in [2.45, 2.75) is 12.6 Å². The van der Waals surface area contributed by atoms with Gasteiger partial charge in [0.05, 0.1) is 19.3 Å². The lowest BCUT2D eigenvalue weighted by Crippen LogP contribution is -2.47. The van der Waals surface area contributed by atoms with Gasteiger partial charge in [0.15, 0.2) is 0 Å². The summed E-state index contributed by atoms with van der Waals surface area (Å²) in [6.45, 7) is 1.58. The molecule has 1 fully saturated rings. The number of rotatable bonds is 3. The molecule has 1 unspecified atom stereocenters. The molecule has 7 heteroatoms. The quantitative estimate of drug-likeness (QED) is 0.678. The van der Waals surface area contributed by atoms with Gasteiger partial charge in [-0.15, -0.1) is 0 Å². The first-order valence-corrected chi connectivity index (χ1v) is 5.12. The Hall–Kier alpha value is -1.47. The number of nitrogens with zero attached hydrogens (tertiary/aromatic N) is 4. The first-order chi connectivity index (χ1) is 7.79. The summed E-state index contributed by atoms with van der Waals surface area (Å²) in [5.41, 5.74) is 0. The van der Waals surface area contributed by atoms with Crippen LogP contribution in [0.25, 0.3) is 0 Å². The van der Waals surface area contributed by atoms with E-state index in [2.05, 4.69) is 10.1 Å². The van der Waals surface area contributed by atoms with Crippen molar-refractivity contribution in [2.24, 2.45) is 0 Å². The number of hydrogen-bond donors (Lipinski definition) is 1. The summed E-state index contributed by atoms with van der Waals surface area (Å²) in [5.74, 6) is -0.0350. The van der Waals surface area contributed by atoms with Crippen molar-refractivity contribution in [1.29, 1.82) is 0 Å². The second kappa shape index (κ2) is 5.04. The number of morpholine rings is 1. The monoisotopic (exact) mass is 226 g/mol. The van der Waals surface area contributed by atoms with Crippen molar-refractivity contribution in [3.8, 4) is 0 Å². The SMILES string of the molecule is O=C(Cn1cncn1)N1CCOC(CO)C1. The fraction of sp³-hybridized carbons (Fsp3) is 0.667. The number of hydrogen-bond acceptors (Lipinski definition) is 5. The molecule has 2 heterocycles. The highest BCUT2D eigenvalue weighted by Crippen LogP contribution is 2.05. The van der Waals surface area contributed by atoms with E-state index in [1.54, 1.807) is 4.90 Å². The van der Waals surface area contributed by atoms with Gasteiger partial charge in [-0.25, -0.2) is 9.67 Å². The molecule has 0 aliphatic carbocycles. The van der Waals surface area contributed by atoms with Crippen LogP contribution < -0.4 is 0 Å². The molecule has 0 bridgehead atoms. The molecule has 0 radical (unpaired) electrons. The number of aliphatic hydroxyl groups excluding tert-OH is 1. The van der Waals surface area contributed by atoms with Crippen molar-refractivity contribution in [3.63, 3.8) is 0 Å². The van der Waals surface area contributed by atoms with Gasteiger partial charge in [-0.1, -0.05) is 0 Å². The molecule has 1 aliphatic heterocycles. The van der Waals surface area contributed by atoms with E-state index in [0.717, 1.165) is 0 Å². The van der Waals surface area contributed by atoms with E-state index in [4.69, 9.17) is 9.84 Å². The average Bonchev–Trinajstić information content (AvgIpc) is 2.82. The number of carbonyl (C=O) groups excluding carboxylic acids is 1. The molecule has 88 valence electrons. The van der Waals surface area contributed by atoms with Gasteiger partial charge in [0.1, 0.15) is 19.2 Å². The Labute approximate surface area is 92.6 Å². The topological polar surface area (TPSA) is 80.5 Å². The lowest BCUT2D eigenvalue weighted by atomic mass is 10.3. The van der Waals surface area contributed by atoms with Gasteiger partial charge in [-0.05, 0) is 0 Å². The highest BCUT2D eigenvalue weighted by Gasteiger charge is 2.23. The largest absolute Gasteiger partial charge is 0.394 e. The average molecular weight is 226 g/mol. The second-order valence-corrected chi connectivity index (χ2v) is 3.61. The minimum absolute atomic E-state index is 0.0350.